The lowest BCUT2D eigenvalue weighted by Crippen LogP contribution is -2.01. The summed E-state index contributed by atoms with van der Waals surface area (Å²) in [5, 5.41) is 0. The first-order valence-electron chi connectivity index (χ1n) is 4.02. The molecule has 0 bridgehead atoms. The summed E-state index contributed by atoms with van der Waals surface area (Å²) in [5.41, 5.74) is 1.16. The van der Waals surface area contributed by atoms with Crippen LogP contribution in [-0.4, -0.2) is 5.97 Å². The van der Waals surface area contributed by atoms with Gasteiger partial charge in [0, 0.05) is 11.8 Å². The van der Waals surface area contributed by atoms with Crippen LogP contribution in [0.5, 0.6) is 5.75 Å². The summed E-state index contributed by atoms with van der Waals surface area (Å²) in [6, 6.07) is 7.43. The van der Waals surface area contributed by atoms with E-state index >= 15 is 0 Å². The standard InChI is InChI=1S/C10H11BrO2/c1-7(11)9-3-5-10(6-4-9)13-8(2)12/h3-7H,1-2H3/t7-/m0/s1. The Balaban J connectivity index is 2.75. The van der Waals surface area contributed by atoms with Crippen molar-refractivity contribution in [2.24, 2.45) is 0 Å². The first-order chi connectivity index (χ1) is 6.09. The molecule has 0 aliphatic carbocycles. The highest BCUT2D eigenvalue weighted by Crippen LogP contribution is 2.23. The van der Waals surface area contributed by atoms with Gasteiger partial charge in [-0.15, -0.1) is 0 Å². The minimum Gasteiger partial charge on any atom is -0.427 e. The molecule has 3 heteroatoms. The van der Waals surface area contributed by atoms with Crippen molar-refractivity contribution in [3.05, 3.63) is 29.8 Å². The number of carbonyl (C=O) groups is 1. The number of hydrogen-bond donors (Lipinski definition) is 0. The summed E-state index contributed by atoms with van der Waals surface area (Å²) in [4.78, 5) is 10.9. The maximum atomic E-state index is 10.6. The third-order valence-electron chi connectivity index (χ3n) is 1.60. The zero-order chi connectivity index (χ0) is 9.84. The van der Waals surface area contributed by atoms with Crippen LogP contribution in [0.15, 0.2) is 24.3 Å². The van der Waals surface area contributed by atoms with Gasteiger partial charge in [-0.25, -0.2) is 0 Å². The highest BCUT2D eigenvalue weighted by Gasteiger charge is 2.01. The molecular weight excluding hydrogens is 232 g/mol. The van der Waals surface area contributed by atoms with E-state index in [2.05, 4.69) is 15.9 Å². The topological polar surface area (TPSA) is 26.3 Å². The first-order valence-corrected chi connectivity index (χ1v) is 4.93. The fourth-order valence-electron chi connectivity index (χ4n) is 0.967. The molecule has 0 aromatic heterocycles. The average Bonchev–Trinajstić information content (AvgIpc) is 2.04. The van der Waals surface area contributed by atoms with Crippen molar-refractivity contribution in [3.63, 3.8) is 0 Å². The monoisotopic (exact) mass is 242 g/mol. The van der Waals surface area contributed by atoms with Crippen LogP contribution in [0.3, 0.4) is 0 Å². The molecule has 0 heterocycles. The fourth-order valence-corrected chi connectivity index (χ4v) is 1.27. The molecule has 0 saturated carbocycles. The maximum Gasteiger partial charge on any atom is 0.308 e. The molecule has 0 aliphatic rings. The van der Waals surface area contributed by atoms with Crippen LogP contribution in [-0.2, 0) is 4.79 Å². The van der Waals surface area contributed by atoms with E-state index in [0.29, 0.717) is 10.6 Å². The van der Waals surface area contributed by atoms with Crippen molar-refractivity contribution in [1.82, 2.24) is 0 Å². The van der Waals surface area contributed by atoms with E-state index in [-0.39, 0.29) is 5.97 Å². The Morgan fingerprint density at radius 3 is 2.31 bits per heavy atom. The Hall–Kier alpha value is -0.830. The second-order valence-electron chi connectivity index (χ2n) is 2.78. The minimum absolute atomic E-state index is 0.292. The third-order valence-corrected chi connectivity index (χ3v) is 2.13. The summed E-state index contributed by atoms with van der Waals surface area (Å²) in [6.07, 6.45) is 0. The molecular formula is C10H11BrO2. The maximum absolute atomic E-state index is 10.6. The molecule has 0 saturated heterocycles. The van der Waals surface area contributed by atoms with Crippen LogP contribution in [0.4, 0.5) is 0 Å². The van der Waals surface area contributed by atoms with Gasteiger partial charge in [0.1, 0.15) is 5.75 Å². The van der Waals surface area contributed by atoms with E-state index in [1.54, 1.807) is 12.1 Å². The summed E-state index contributed by atoms with van der Waals surface area (Å²) >= 11 is 3.45. The van der Waals surface area contributed by atoms with Crippen molar-refractivity contribution >= 4 is 21.9 Å². The number of benzene rings is 1. The minimum atomic E-state index is -0.292. The molecule has 1 aromatic carbocycles. The van der Waals surface area contributed by atoms with Gasteiger partial charge >= 0.3 is 5.97 Å². The quantitative estimate of drug-likeness (QED) is 0.453. The molecule has 1 rings (SSSR count). The van der Waals surface area contributed by atoms with E-state index in [0.717, 1.165) is 5.56 Å². The van der Waals surface area contributed by atoms with Gasteiger partial charge < -0.3 is 4.74 Å². The largest absolute Gasteiger partial charge is 0.427 e. The zero-order valence-electron chi connectivity index (χ0n) is 7.58. The van der Waals surface area contributed by atoms with E-state index in [1.165, 1.54) is 6.92 Å². The zero-order valence-corrected chi connectivity index (χ0v) is 9.17. The van der Waals surface area contributed by atoms with Gasteiger partial charge in [-0.2, -0.15) is 0 Å². The highest BCUT2D eigenvalue weighted by atomic mass is 79.9. The van der Waals surface area contributed by atoms with Gasteiger partial charge in [0.05, 0.1) is 0 Å². The van der Waals surface area contributed by atoms with Crippen LogP contribution < -0.4 is 4.74 Å². The van der Waals surface area contributed by atoms with Crippen LogP contribution in [0, 0.1) is 0 Å². The first kappa shape index (κ1) is 10.3. The molecule has 0 radical (unpaired) electrons. The van der Waals surface area contributed by atoms with Gasteiger partial charge in [-0.05, 0) is 24.6 Å². The number of halogens is 1. The lowest BCUT2D eigenvalue weighted by molar-refractivity contribution is -0.131. The summed E-state index contributed by atoms with van der Waals surface area (Å²) < 4.78 is 4.89. The number of alkyl halides is 1. The van der Waals surface area contributed by atoms with E-state index in [1.807, 2.05) is 19.1 Å². The lowest BCUT2D eigenvalue weighted by Gasteiger charge is -2.04. The van der Waals surface area contributed by atoms with Crippen LogP contribution in [0.1, 0.15) is 24.2 Å². The molecule has 0 amide bonds. The average molecular weight is 243 g/mol. The molecule has 1 atom stereocenters. The molecule has 0 aliphatic heterocycles. The summed E-state index contributed by atoms with van der Waals surface area (Å²) in [5.74, 6) is 0.295. The molecule has 70 valence electrons. The number of hydrogen-bond acceptors (Lipinski definition) is 2. The SMILES string of the molecule is CC(=O)Oc1ccc([C@H](C)Br)cc1. The van der Waals surface area contributed by atoms with E-state index in [9.17, 15) is 4.79 Å². The molecule has 0 N–H and O–H groups in total. The van der Waals surface area contributed by atoms with Crippen molar-refractivity contribution in [2.75, 3.05) is 0 Å². The summed E-state index contributed by atoms with van der Waals surface area (Å²) in [7, 11) is 0. The second kappa shape index (κ2) is 4.42. The van der Waals surface area contributed by atoms with Gasteiger partial charge in [-0.3, -0.25) is 4.79 Å². The Morgan fingerprint density at radius 1 is 1.38 bits per heavy atom. The number of rotatable bonds is 2. The predicted molar refractivity (Wildman–Crippen MR) is 55.1 cm³/mol. The Bertz CT molecular complexity index is 290. The fraction of sp³-hybridized carbons (Fsp3) is 0.300. The van der Waals surface area contributed by atoms with E-state index < -0.39 is 0 Å². The lowest BCUT2D eigenvalue weighted by atomic mass is 10.2. The predicted octanol–water partition coefficient (Wildman–Crippen LogP) is 3.07. The molecule has 0 spiro atoms. The van der Waals surface area contributed by atoms with Crippen molar-refractivity contribution in [1.29, 1.82) is 0 Å². The number of carbonyl (C=O) groups excluding carboxylic acids is 1. The normalized spacial score (nSPS) is 12.2. The van der Waals surface area contributed by atoms with Gasteiger partial charge in [0.2, 0.25) is 0 Å². The highest BCUT2D eigenvalue weighted by molar-refractivity contribution is 9.09. The Kier molecular flexibility index (Phi) is 3.48. The van der Waals surface area contributed by atoms with Crippen molar-refractivity contribution in [2.45, 2.75) is 18.7 Å². The number of esters is 1. The Morgan fingerprint density at radius 2 is 1.92 bits per heavy atom. The summed E-state index contributed by atoms with van der Waals surface area (Å²) in [6.45, 7) is 3.43. The van der Waals surface area contributed by atoms with Crippen LogP contribution >= 0.6 is 15.9 Å². The van der Waals surface area contributed by atoms with Crippen LogP contribution in [0.25, 0.3) is 0 Å². The van der Waals surface area contributed by atoms with E-state index in [4.69, 9.17) is 4.74 Å². The second-order valence-corrected chi connectivity index (χ2v) is 4.15. The molecule has 2 nitrogen and oxygen atoms in total. The molecule has 0 unspecified atom stereocenters. The van der Waals surface area contributed by atoms with Gasteiger partial charge in [0.25, 0.3) is 0 Å². The van der Waals surface area contributed by atoms with Crippen LogP contribution in [0.2, 0.25) is 0 Å². The van der Waals surface area contributed by atoms with Crippen molar-refractivity contribution in [3.8, 4) is 5.75 Å². The van der Waals surface area contributed by atoms with Gasteiger partial charge in [-0.1, -0.05) is 28.1 Å². The molecule has 0 fully saturated rings. The van der Waals surface area contributed by atoms with Crippen molar-refractivity contribution < 1.29 is 9.53 Å². The molecule has 1 aromatic rings. The third kappa shape index (κ3) is 3.19. The number of ether oxygens (including phenoxy) is 1. The Labute approximate surface area is 86.0 Å². The molecule has 13 heavy (non-hydrogen) atoms. The smallest absolute Gasteiger partial charge is 0.308 e. The van der Waals surface area contributed by atoms with Gasteiger partial charge in [0.15, 0.2) is 0 Å².